The smallest absolute Gasteiger partial charge is 0.290 e. The molecule has 8 heteroatoms. The second-order valence-electron chi connectivity index (χ2n) is 9.42. The van der Waals surface area contributed by atoms with E-state index in [0.717, 1.165) is 31.2 Å². The molecule has 1 heterocycles. The Morgan fingerprint density at radius 3 is 2.21 bits per heavy atom. The van der Waals surface area contributed by atoms with Gasteiger partial charge in [0.25, 0.3) is 5.91 Å². The number of nitrogens with zero attached hydrogens (tertiary/aromatic N) is 1. The lowest BCUT2D eigenvalue weighted by Crippen LogP contribution is -2.47. The molecule has 8 nitrogen and oxygen atoms in total. The van der Waals surface area contributed by atoms with Crippen LogP contribution in [0.3, 0.4) is 0 Å². The fraction of sp³-hybridized carbons (Fsp3) is 0.400. The standard InChI is InChI=1S/C30H36N2O6/c1-35-25-19-22(20-26(36-2)28(25)37-3)27(29(33)31-23-13-8-5-9-14-23)32(30(34)24-15-10-18-38-24)17-16-21-11-6-4-7-12-21/h4,6-7,10-12,15,18-20,23,27H,5,8-9,13-14,16-17H2,1-3H3,(H,31,33). The van der Waals surface area contributed by atoms with Crippen LogP contribution in [0.15, 0.2) is 65.3 Å². The molecule has 1 unspecified atom stereocenters. The van der Waals surface area contributed by atoms with Gasteiger partial charge in [0.15, 0.2) is 17.3 Å². The third-order valence-electron chi connectivity index (χ3n) is 6.99. The number of nitrogens with one attached hydrogen (secondary N) is 1. The Balaban J connectivity index is 1.78. The number of benzene rings is 2. The summed E-state index contributed by atoms with van der Waals surface area (Å²) in [6.45, 7) is 0.295. The molecule has 1 atom stereocenters. The summed E-state index contributed by atoms with van der Waals surface area (Å²) < 4.78 is 22.1. The number of hydrogen-bond acceptors (Lipinski definition) is 6. The highest BCUT2D eigenvalue weighted by Crippen LogP contribution is 2.41. The Bertz CT molecular complexity index is 1160. The van der Waals surface area contributed by atoms with E-state index in [1.54, 1.807) is 29.2 Å². The summed E-state index contributed by atoms with van der Waals surface area (Å²) in [7, 11) is 4.58. The van der Waals surface area contributed by atoms with Gasteiger partial charge in [-0.25, -0.2) is 0 Å². The topological polar surface area (TPSA) is 90.2 Å². The summed E-state index contributed by atoms with van der Waals surface area (Å²) >= 11 is 0. The van der Waals surface area contributed by atoms with Crippen LogP contribution in [-0.2, 0) is 11.2 Å². The fourth-order valence-corrected chi connectivity index (χ4v) is 5.04. The molecule has 38 heavy (non-hydrogen) atoms. The average molecular weight is 521 g/mol. The van der Waals surface area contributed by atoms with Crippen molar-refractivity contribution in [2.75, 3.05) is 27.9 Å². The van der Waals surface area contributed by atoms with Gasteiger partial charge in [-0.1, -0.05) is 49.6 Å². The molecular weight excluding hydrogens is 484 g/mol. The number of methoxy groups -OCH3 is 3. The lowest BCUT2D eigenvalue weighted by atomic mass is 9.94. The summed E-state index contributed by atoms with van der Waals surface area (Å²) in [6, 6.07) is 15.7. The molecule has 4 rings (SSSR count). The van der Waals surface area contributed by atoms with Crippen LogP contribution >= 0.6 is 0 Å². The van der Waals surface area contributed by atoms with Crippen LogP contribution in [0.4, 0.5) is 0 Å². The molecule has 1 aliphatic rings. The molecule has 1 aliphatic carbocycles. The summed E-state index contributed by atoms with van der Waals surface area (Å²) in [5, 5.41) is 3.22. The van der Waals surface area contributed by atoms with Gasteiger partial charge < -0.3 is 28.8 Å². The molecule has 0 bridgehead atoms. The Morgan fingerprint density at radius 2 is 1.63 bits per heavy atom. The van der Waals surface area contributed by atoms with E-state index in [9.17, 15) is 9.59 Å². The molecule has 1 aromatic heterocycles. The van der Waals surface area contributed by atoms with E-state index >= 15 is 0 Å². The quantitative estimate of drug-likeness (QED) is 0.375. The minimum absolute atomic E-state index is 0.0653. The SMILES string of the molecule is COc1cc(C(C(=O)NC2CCCCC2)N(CCc2ccccc2)C(=O)c2ccco2)cc(OC)c1OC. The van der Waals surface area contributed by atoms with E-state index in [4.69, 9.17) is 18.6 Å². The number of carbonyl (C=O) groups is 2. The zero-order chi connectivity index (χ0) is 26.9. The highest BCUT2D eigenvalue weighted by molar-refractivity contribution is 5.96. The van der Waals surface area contributed by atoms with Gasteiger partial charge in [-0.3, -0.25) is 9.59 Å². The number of amides is 2. The highest BCUT2D eigenvalue weighted by Gasteiger charge is 2.35. The predicted molar refractivity (Wildman–Crippen MR) is 144 cm³/mol. The first-order valence-electron chi connectivity index (χ1n) is 13.0. The van der Waals surface area contributed by atoms with Crippen LogP contribution in [0, 0.1) is 0 Å². The molecule has 1 saturated carbocycles. The largest absolute Gasteiger partial charge is 0.493 e. The third-order valence-corrected chi connectivity index (χ3v) is 6.99. The van der Waals surface area contributed by atoms with E-state index in [2.05, 4.69) is 5.32 Å². The first-order chi connectivity index (χ1) is 18.5. The van der Waals surface area contributed by atoms with Crippen molar-refractivity contribution < 1.29 is 28.2 Å². The number of carbonyl (C=O) groups excluding carboxylic acids is 2. The number of rotatable bonds is 11. The Hall–Kier alpha value is -3.94. The Labute approximate surface area is 223 Å². The first kappa shape index (κ1) is 27.1. The lowest BCUT2D eigenvalue weighted by Gasteiger charge is -2.33. The Morgan fingerprint density at radius 1 is 0.947 bits per heavy atom. The van der Waals surface area contributed by atoms with Crippen molar-refractivity contribution in [1.29, 1.82) is 0 Å². The molecular formula is C30H36N2O6. The molecule has 202 valence electrons. The van der Waals surface area contributed by atoms with Crippen LogP contribution in [-0.4, -0.2) is 50.6 Å². The predicted octanol–water partition coefficient (Wildman–Crippen LogP) is 5.18. The monoisotopic (exact) mass is 520 g/mol. The van der Waals surface area contributed by atoms with Crippen molar-refractivity contribution in [3.05, 3.63) is 77.7 Å². The normalized spacial score (nSPS) is 14.4. The van der Waals surface area contributed by atoms with Gasteiger partial charge in [-0.15, -0.1) is 0 Å². The van der Waals surface area contributed by atoms with Crippen LogP contribution in [0.1, 0.15) is 59.8 Å². The second kappa shape index (κ2) is 13.0. The van der Waals surface area contributed by atoms with Gasteiger partial charge in [0.1, 0.15) is 6.04 Å². The third kappa shape index (κ3) is 6.30. The van der Waals surface area contributed by atoms with E-state index in [1.165, 1.54) is 34.0 Å². The number of furan rings is 1. The van der Waals surface area contributed by atoms with Gasteiger partial charge >= 0.3 is 0 Å². The molecule has 0 saturated heterocycles. The van der Waals surface area contributed by atoms with Crippen LogP contribution in [0.5, 0.6) is 17.2 Å². The fourth-order valence-electron chi connectivity index (χ4n) is 5.04. The minimum atomic E-state index is -0.952. The minimum Gasteiger partial charge on any atom is -0.493 e. The van der Waals surface area contributed by atoms with Gasteiger partial charge in [-0.2, -0.15) is 0 Å². The van der Waals surface area contributed by atoms with E-state index in [-0.39, 0.29) is 23.6 Å². The number of ether oxygens (including phenoxy) is 3. The van der Waals surface area contributed by atoms with Crippen LogP contribution in [0.25, 0.3) is 0 Å². The lowest BCUT2D eigenvalue weighted by molar-refractivity contribution is -0.126. The molecule has 0 spiro atoms. The summed E-state index contributed by atoms with van der Waals surface area (Å²) in [4.78, 5) is 29.5. The molecule has 2 aromatic carbocycles. The average Bonchev–Trinajstić information content (AvgIpc) is 3.50. The molecule has 1 fully saturated rings. The van der Waals surface area contributed by atoms with Gasteiger partial charge in [0, 0.05) is 12.6 Å². The summed E-state index contributed by atoms with van der Waals surface area (Å²) in [6.07, 6.45) is 7.17. The number of hydrogen-bond donors (Lipinski definition) is 1. The van der Waals surface area contributed by atoms with E-state index in [1.807, 2.05) is 30.3 Å². The Kier molecular flexibility index (Phi) is 9.30. The molecule has 3 aromatic rings. The second-order valence-corrected chi connectivity index (χ2v) is 9.42. The molecule has 1 N–H and O–H groups in total. The van der Waals surface area contributed by atoms with E-state index in [0.29, 0.717) is 35.8 Å². The molecule has 0 aliphatic heterocycles. The van der Waals surface area contributed by atoms with Gasteiger partial charge in [0.05, 0.1) is 27.6 Å². The maximum atomic E-state index is 14.0. The molecule has 0 radical (unpaired) electrons. The summed E-state index contributed by atoms with van der Waals surface area (Å²) in [5.41, 5.74) is 1.61. The van der Waals surface area contributed by atoms with Gasteiger partial charge in [0.2, 0.25) is 11.7 Å². The molecule has 2 amide bonds. The van der Waals surface area contributed by atoms with Crippen LogP contribution in [0.2, 0.25) is 0 Å². The first-order valence-corrected chi connectivity index (χ1v) is 13.0. The maximum Gasteiger partial charge on any atom is 0.290 e. The van der Waals surface area contributed by atoms with Crippen molar-refractivity contribution >= 4 is 11.8 Å². The van der Waals surface area contributed by atoms with Crippen molar-refractivity contribution in [3.63, 3.8) is 0 Å². The van der Waals surface area contributed by atoms with Crippen molar-refractivity contribution in [2.45, 2.75) is 50.6 Å². The van der Waals surface area contributed by atoms with Crippen molar-refractivity contribution in [1.82, 2.24) is 10.2 Å². The van der Waals surface area contributed by atoms with Crippen LogP contribution < -0.4 is 19.5 Å². The van der Waals surface area contributed by atoms with E-state index < -0.39 is 6.04 Å². The van der Waals surface area contributed by atoms with Crippen molar-refractivity contribution in [2.24, 2.45) is 0 Å². The van der Waals surface area contributed by atoms with Crippen molar-refractivity contribution in [3.8, 4) is 17.2 Å². The summed E-state index contributed by atoms with van der Waals surface area (Å²) in [5.74, 6) is 0.776. The zero-order valence-electron chi connectivity index (χ0n) is 22.3. The van der Waals surface area contributed by atoms with Gasteiger partial charge in [-0.05, 0) is 54.7 Å². The zero-order valence-corrected chi connectivity index (χ0v) is 22.3. The maximum absolute atomic E-state index is 14.0. The highest BCUT2D eigenvalue weighted by atomic mass is 16.5.